The van der Waals surface area contributed by atoms with Gasteiger partial charge >= 0.3 is 0 Å². The van der Waals surface area contributed by atoms with Crippen molar-refractivity contribution < 1.29 is 4.79 Å². The third kappa shape index (κ3) is 2.26. The Balaban J connectivity index is 2.47. The summed E-state index contributed by atoms with van der Waals surface area (Å²) in [5, 5.41) is 6.89. The van der Waals surface area contributed by atoms with Gasteiger partial charge in [0, 0.05) is 18.8 Å². The first-order valence-electron chi connectivity index (χ1n) is 3.78. The largest absolute Gasteiger partial charge is 0.368 e. The summed E-state index contributed by atoms with van der Waals surface area (Å²) < 4.78 is 1.77. The van der Waals surface area contributed by atoms with Crippen molar-refractivity contribution in [2.45, 2.75) is 13.5 Å². The summed E-state index contributed by atoms with van der Waals surface area (Å²) >= 11 is 0. The second kappa shape index (κ2) is 3.75. The Morgan fingerprint density at radius 2 is 2.58 bits per heavy atom. The average Bonchev–Trinajstić information content (AvgIpc) is 2.48. The van der Waals surface area contributed by atoms with Crippen molar-refractivity contribution in [3.63, 3.8) is 0 Å². The Kier molecular flexibility index (Phi) is 2.68. The van der Waals surface area contributed by atoms with Gasteiger partial charge in [0.05, 0.1) is 6.54 Å². The molecule has 1 amide bonds. The molecule has 0 atom stereocenters. The summed E-state index contributed by atoms with van der Waals surface area (Å²) in [6.45, 7) is 2.93. The molecule has 0 fully saturated rings. The highest BCUT2D eigenvalue weighted by molar-refractivity contribution is 5.78. The van der Waals surface area contributed by atoms with Crippen molar-refractivity contribution in [2.75, 3.05) is 11.9 Å². The second-order valence-electron chi connectivity index (χ2n) is 2.38. The summed E-state index contributed by atoms with van der Waals surface area (Å²) in [6.07, 6.45) is 1.84. The number of nitrogens with one attached hydrogen (secondary N) is 1. The molecule has 0 radical (unpaired) electrons. The molecule has 5 heteroatoms. The number of hydrogen-bond donors (Lipinski definition) is 2. The summed E-state index contributed by atoms with van der Waals surface area (Å²) in [5.74, 6) is 0.289. The zero-order chi connectivity index (χ0) is 8.97. The number of aromatic nitrogens is 2. The number of nitrogens with two attached hydrogens (primary N) is 1. The number of rotatable bonds is 4. The molecule has 0 bridgehead atoms. The van der Waals surface area contributed by atoms with Gasteiger partial charge in [-0.25, -0.2) is 0 Å². The second-order valence-corrected chi connectivity index (χ2v) is 2.38. The molecule has 0 spiro atoms. The SMILES string of the molecule is CCn1ccc(NCC(N)=O)n1. The molecule has 0 unspecified atom stereocenters. The van der Waals surface area contributed by atoms with Crippen LogP contribution in [0, 0.1) is 0 Å². The van der Waals surface area contributed by atoms with Crippen molar-refractivity contribution in [2.24, 2.45) is 5.73 Å². The fourth-order valence-electron chi connectivity index (χ4n) is 0.810. The van der Waals surface area contributed by atoms with Crippen LogP contribution in [0.3, 0.4) is 0 Å². The first kappa shape index (κ1) is 8.58. The molecule has 1 rings (SSSR count). The minimum absolute atomic E-state index is 0.126. The maximum absolute atomic E-state index is 10.4. The molecule has 1 aromatic rings. The fourth-order valence-corrected chi connectivity index (χ4v) is 0.810. The zero-order valence-corrected chi connectivity index (χ0v) is 6.95. The Labute approximate surface area is 70.5 Å². The average molecular weight is 168 g/mol. The molecule has 0 aliphatic heterocycles. The van der Waals surface area contributed by atoms with E-state index in [-0.39, 0.29) is 12.5 Å². The van der Waals surface area contributed by atoms with Crippen molar-refractivity contribution in [3.05, 3.63) is 12.3 Å². The van der Waals surface area contributed by atoms with Gasteiger partial charge in [-0.1, -0.05) is 0 Å². The molecule has 0 saturated carbocycles. The molecule has 0 aliphatic carbocycles. The van der Waals surface area contributed by atoms with Crippen LogP contribution in [-0.4, -0.2) is 22.2 Å². The van der Waals surface area contributed by atoms with E-state index in [9.17, 15) is 4.79 Å². The lowest BCUT2D eigenvalue weighted by atomic mass is 10.5. The van der Waals surface area contributed by atoms with E-state index in [1.807, 2.05) is 13.1 Å². The number of primary amides is 1. The molecular weight excluding hydrogens is 156 g/mol. The summed E-state index contributed by atoms with van der Waals surface area (Å²) in [4.78, 5) is 10.4. The van der Waals surface area contributed by atoms with Crippen molar-refractivity contribution >= 4 is 11.7 Å². The first-order valence-corrected chi connectivity index (χ1v) is 3.78. The van der Waals surface area contributed by atoms with E-state index in [0.29, 0.717) is 5.82 Å². The number of amides is 1. The van der Waals surface area contributed by atoms with Crippen molar-refractivity contribution in [3.8, 4) is 0 Å². The van der Waals surface area contributed by atoms with E-state index in [2.05, 4.69) is 10.4 Å². The lowest BCUT2D eigenvalue weighted by molar-refractivity contribution is -0.116. The molecule has 0 aliphatic rings. The maximum Gasteiger partial charge on any atom is 0.236 e. The number of carbonyl (C=O) groups excluding carboxylic acids is 1. The summed E-state index contributed by atoms with van der Waals surface area (Å²) in [7, 11) is 0. The first-order chi connectivity index (χ1) is 5.72. The Morgan fingerprint density at radius 1 is 1.83 bits per heavy atom. The highest BCUT2D eigenvalue weighted by Crippen LogP contribution is 2.00. The summed E-state index contributed by atoms with van der Waals surface area (Å²) in [6, 6.07) is 1.80. The van der Waals surface area contributed by atoms with E-state index in [1.165, 1.54) is 0 Å². The van der Waals surface area contributed by atoms with E-state index >= 15 is 0 Å². The van der Waals surface area contributed by atoms with Gasteiger partial charge in [0.1, 0.15) is 5.82 Å². The van der Waals surface area contributed by atoms with Gasteiger partial charge < -0.3 is 11.1 Å². The van der Waals surface area contributed by atoms with E-state index in [1.54, 1.807) is 10.7 Å². The van der Waals surface area contributed by atoms with E-state index in [0.717, 1.165) is 6.54 Å². The Hall–Kier alpha value is -1.52. The smallest absolute Gasteiger partial charge is 0.236 e. The van der Waals surface area contributed by atoms with Crippen LogP contribution in [-0.2, 0) is 11.3 Å². The molecule has 3 N–H and O–H groups in total. The van der Waals surface area contributed by atoms with Crippen molar-refractivity contribution in [1.82, 2.24) is 9.78 Å². The number of aryl methyl sites for hydroxylation is 1. The standard InChI is InChI=1S/C7H12N4O/c1-2-11-4-3-7(10-11)9-5-6(8)12/h3-4H,2,5H2,1H3,(H2,8,12)(H,9,10). The highest BCUT2D eigenvalue weighted by Gasteiger charge is 1.97. The third-order valence-electron chi connectivity index (χ3n) is 1.41. The maximum atomic E-state index is 10.4. The molecule has 0 saturated heterocycles. The molecular formula is C7H12N4O. The Morgan fingerprint density at radius 3 is 3.08 bits per heavy atom. The van der Waals surface area contributed by atoms with Gasteiger partial charge in [-0.3, -0.25) is 9.48 Å². The number of nitrogens with zero attached hydrogens (tertiary/aromatic N) is 2. The lowest BCUT2D eigenvalue weighted by Crippen LogP contribution is -2.22. The highest BCUT2D eigenvalue weighted by atomic mass is 16.1. The number of anilines is 1. The van der Waals surface area contributed by atoms with Crippen LogP contribution in [0.5, 0.6) is 0 Å². The number of hydrogen-bond acceptors (Lipinski definition) is 3. The zero-order valence-electron chi connectivity index (χ0n) is 6.95. The predicted molar refractivity (Wildman–Crippen MR) is 45.6 cm³/mol. The van der Waals surface area contributed by atoms with E-state index in [4.69, 9.17) is 5.73 Å². The molecule has 1 heterocycles. The van der Waals surface area contributed by atoms with Gasteiger partial charge in [0.2, 0.25) is 5.91 Å². The van der Waals surface area contributed by atoms with Crippen LogP contribution in [0.2, 0.25) is 0 Å². The fraction of sp³-hybridized carbons (Fsp3) is 0.429. The van der Waals surface area contributed by atoms with Crippen LogP contribution in [0.15, 0.2) is 12.3 Å². The monoisotopic (exact) mass is 168 g/mol. The summed E-state index contributed by atoms with van der Waals surface area (Å²) in [5.41, 5.74) is 4.94. The molecule has 12 heavy (non-hydrogen) atoms. The normalized spacial score (nSPS) is 9.75. The van der Waals surface area contributed by atoms with Crippen LogP contribution in [0.4, 0.5) is 5.82 Å². The molecule has 66 valence electrons. The molecule has 0 aromatic carbocycles. The molecule has 5 nitrogen and oxygen atoms in total. The minimum atomic E-state index is -0.388. The van der Waals surface area contributed by atoms with Gasteiger partial charge in [-0.15, -0.1) is 0 Å². The van der Waals surface area contributed by atoms with Gasteiger partial charge in [-0.2, -0.15) is 5.10 Å². The van der Waals surface area contributed by atoms with Gasteiger partial charge in [-0.05, 0) is 6.92 Å². The number of carbonyl (C=O) groups is 1. The topological polar surface area (TPSA) is 72.9 Å². The predicted octanol–water partition coefficient (Wildman–Crippen LogP) is -0.200. The van der Waals surface area contributed by atoms with E-state index < -0.39 is 0 Å². The van der Waals surface area contributed by atoms with Gasteiger partial charge in [0.25, 0.3) is 0 Å². The van der Waals surface area contributed by atoms with Crippen LogP contribution < -0.4 is 11.1 Å². The van der Waals surface area contributed by atoms with Crippen molar-refractivity contribution in [1.29, 1.82) is 0 Å². The Bertz CT molecular complexity index is 268. The quantitative estimate of drug-likeness (QED) is 0.654. The van der Waals surface area contributed by atoms with Crippen LogP contribution in [0.25, 0.3) is 0 Å². The lowest BCUT2D eigenvalue weighted by Gasteiger charge is -1.97. The third-order valence-corrected chi connectivity index (χ3v) is 1.41. The molecule has 1 aromatic heterocycles. The minimum Gasteiger partial charge on any atom is -0.368 e. The van der Waals surface area contributed by atoms with Gasteiger partial charge in [0.15, 0.2) is 0 Å². The van der Waals surface area contributed by atoms with Crippen LogP contribution in [0.1, 0.15) is 6.92 Å². The van der Waals surface area contributed by atoms with Crippen LogP contribution >= 0.6 is 0 Å².